The van der Waals surface area contributed by atoms with E-state index >= 15 is 0 Å². The van der Waals surface area contributed by atoms with Gasteiger partial charge in [0.1, 0.15) is 0 Å². The Kier molecular flexibility index (Phi) is 4.39. The third-order valence-electron chi connectivity index (χ3n) is 3.51. The maximum absolute atomic E-state index is 12.3. The van der Waals surface area contributed by atoms with Crippen molar-refractivity contribution in [3.05, 3.63) is 47.5 Å². The van der Waals surface area contributed by atoms with Crippen LogP contribution in [0.25, 0.3) is 11.5 Å². The molecule has 2 N–H and O–H groups in total. The molecule has 0 saturated carbocycles. The summed E-state index contributed by atoms with van der Waals surface area (Å²) in [4.78, 5) is 12.3. The second-order valence-corrected chi connectivity index (χ2v) is 7.17. The zero-order chi connectivity index (χ0) is 18.0. The van der Waals surface area contributed by atoms with Crippen LogP contribution in [-0.4, -0.2) is 26.3 Å². The Morgan fingerprint density at radius 2 is 1.92 bits per heavy atom. The second-order valence-electron chi connectivity index (χ2n) is 7.17. The minimum absolute atomic E-state index is 0.150. The molecule has 0 atom stereocenters. The van der Waals surface area contributed by atoms with Crippen molar-refractivity contribution in [1.82, 2.24) is 20.4 Å². The van der Waals surface area contributed by atoms with E-state index in [1.165, 1.54) is 0 Å². The number of aromatic amines is 1. The van der Waals surface area contributed by atoms with Crippen molar-refractivity contribution in [1.29, 1.82) is 0 Å². The van der Waals surface area contributed by atoms with Crippen molar-refractivity contribution >= 4 is 11.7 Å². The predicted molar refractivity (Wildman–Crippen MR) is 94.2 cm³/mol. The molecule has 0 bridgehead atoms. The van der Waals surface area contributed by atoms with E-state index in [-0.39, 0.29) is 11.3 Å². The number of carbonyl (C=O) groups excluding carboxylic acids is 1. The highest BCUT2D eigenvalue weighted by Gasteiger charge is 2.15. The number of nitrogens with one attached hydrogen (secondary N) is 2. The standard InChI is InChI=1S/C18H21N5O2/c1-11-20-23-17(25-11)13-7-5-12(6-8-13)16(24)19-15-9-14(21-22-15)10-18(2,3)4/h5-9H,10H2,1-4H3,(H2,19,21,22,24). The topological polar surface area (TPSA) is 96.7 Å². The fourth-order valence-electron chi connectivity index (χ4n) is 2.45. The van der Waals surface area contributed by atoms with Gasteiger partial charge in [0.05, 0.1) is 0 Å². The lowest BCUT2D eigenvalue weighted by molar-refractivity contribution is 0.102. The van der Waals surface area contributed by atoms with Gasteiger partial charge in [-0.2, -0.15) is 5.10 Å². The predicted octanol–water partition coefficient (Wildman–Crippen LogP) is 3.61. The van der Waals surface area contributed by atoms with Gasteiger partial charge in [0, 0.05) is 29.8 Å². The summed E-state index contributed by atoms with van der Waals surface area (Å²) in [6.07, 6.45) is 0.855. The number of carbonyl (C=O) groups is 1. The highest BCUT2D eigenvalue weighted by molar-refractivity contribution is 6.03. The van der Waals surface area contributed by atoms with Crippen LogP contribution in [0.15, 0.2) is 34.7 Å². The fourth-order valence-corrected chi connectivity index (χ4v) is 2.45. The largest absolute Gasteiger partial charge is 0.421 e. The smallest absolute Gasteiger partial charge is 0.256 e. The van der Waals surface area contributed by atoms with Crippen LogP contribution in [0.5, 0.6) is 0 Å². The number of anilines is 1. The van der Waals surface area contributed by atoms with Crippen LogP contribution in [0.3, 0.4) is 0 Å². The van der Waals surface area contributed by atoms with Crippen molar-refractivity contribution in [2.45, 2.75) is 34.1 Å². The van der Waals surface area contributed by atoms with E-state index in [9.17, 15) is 4.79 Å². The van der Waals surface area contributed by atoms with Crippen LogP contribution in [0, 0.1) is 12.3 Å². The van der Waals surface area contributed by atoms with Gasteiger partial charge in [-0.05, 0) is 36.1 Å². The molecule has 0 fully saturated rings. The third-order valence-corrected chi connectivity index (χ3v) is 3.51. The number of nitrogens with zero attached hydrogens (tertiary/aromatic N) is 3. The highest BCUT2D eigenvalue weighted by Crippen LogP contribution is 2.21. The molecular weight excluding hydrogens is 318 g/mol. The number of hydrogen-bond acceptors (Lipinski definition) is 5. The number of H-pyrrole nitrogens is 1. The number of aryl methyl sites for hydroxylation is 1. The normalized spacial score (nSPS) is 11.5. The molecule has 0 aliphatic heterocycles. The number of hydrogen-bond donors (Lipinski definition) is 2. The third kappa shape index (κ3) is 4.32. The maximum atomic E-state index is 12.3. The molecule has 0 aliphatic carbocycles. The molecule has 130 valence electrons. The first kappa shape index (κ1) is 16.9. The van der Waals surface area contributed by atoms with Gasteiger partial charge < -0.3 is 9.73 Å². The lowest BCUT2D eigenvalue weighted by Gasteiger charge is -2.15. The lowest BCUT2D eigenvalue weighted by Crippen LogP contribution is -2.12. The number of amides is 1. The maximum Gasteiger partial charge on any atom is 0.256 e. The molecule has 3 rings (SSSR count). The summed E-state index contributed by atoms with van der Waals surface area (Å²) in [5.74, 6) is 1.23. The molecule has 0 saturated heterocycles. The van der Waals surface area contributed by atoms with Crippen molar-refractivity contribution in [2.75, 3.05) is 5.32 Å². The van der Waals surface area contributed by atoms with Gasteiger partial charge in [0.2, 0.25) is 11.8 Å². The van der Waals surface area contributed by atoms with E-state index < -0.39 is 0 Å². The molecule has 0 spiro atoms. The summed E-state index contributed by atoms with van der Waals surface area (Å²) in [6.45, 7) is 8.19. The van der Waals surface area contributed by atoms with Crippen molar-refractivity contribution < 1.29 is 9.21 Å². The molecular formula is C18H21N5O2. The average molecular weight is 339 g/mol. The summed E-state index contributed by atoms with van der Waals surface area (Å²) in [7, 11) is 0. The van der Waals surface area contributed by atoms with Gasteiger partial charge in [0.15, 0.2) is 5.82 Å². The van der Waals surface area contributed by atoms with Crippen LogP contribution in [-0.2, 0) is 6.42 Å². The van der Waals surface area contributed by atoms with E-state index in [4.69, 9.17) is 4.42 Å². The monoisotopic (exact) mass is 339 g/mol. The summed E-state index contributed by atoms with van der Waals surface area (Å²) in [6, 6.07) is 8.84. The summed E-state index contributed by atoms with van der Waals surface area (Å²) >= 11 is 0. The number of benzene rings is 1. The number of rotatable bonds is 4. The van der Waals surface area contributed by atoms with Crippen molar-refractivity contribution in [3.8, 4) is 11.5 Å². The van der Waals surface area contributed by atoms with Gasteiger partial charge >= 0.3 is 0 Å². The van der Waals surface area contributed by atoms with E-state index in [0.717, 1.165) is 17.7 Å². The average Bonchev–Trinajstić information content (AvgIpc) is 3.15. The Bertz CT molecular complexity index is 872. The van der Waals surface area contributed by atoms with Crippen LogP contribution >= 0.6 is 0 Å². The summed E-state index contributed by atoms with van der Waals surface area (Å²) in [5.41, 5.74) is 2.44. The Balaban J connectivity index is 1.67. The molecule has 1 aromatic carbocycles. The van der Waals surface area contributed by atoms with E-state index in [1.54, 1.807) is 31.2 Å². The van der Waals surface area contributed by atoms with Crippen LogP contribution < -0.4 is 5.32 Å². The van der Waals surface area contributed by atoms with Gasteiger partial charge in [0.25, 0.3) is 5.91 Å². The SMILES string of the molecule is Cc1nnc(-c2ccc(C(=O)Nc3cc(CC(C)(C)C)[nH]n3)cc2)o1. The molecule has 3 aromatic rings. The Hall–Kier alpha value is -2.96. The number of aromatic nitrogens is 4. The molecule has 7 nitrogen and oxygen atoms in total. The lowest BCUT2D eigenvalue weighted by atomic mass is 9.91. The van der Waals surface area contributed by atoms with Gasteiger partial charge in [-0.1, -0.05) is 20.8 Å². The molecule has 7 heteroatoms. The first-order valence-electron chi connectivity index (χ1n) is 8.06. The molecule has 0 unspecified atom stereocenters. The van der Waals surface area contributed by atoms with Gasteiger partial charge in [-0.3, -0.25) is 9.89 Å². The molecule has 2 heterocycles. The van der Waals surface area contributed by atoms with E-state index in [0.29, 0.717) is 23.2 Å². The Labute approximate surface area is 145 Å². The Morgan fingerprint density at radius 1 is 1.20 bits per heavy atom. The zero-order valence-corrected chi connectivity index (χ0v) is 14.8. The highest BCUT2D eigenvalue weighted by atomic mass is 16.4. The first-order chi connectivity index (χ1) is 11.8. The minimum Gasteiger partial charge on any atom is -0.421 e. The molecule has 2 aromatic heterocycles. The van der Waals surface area contributed by atoms with Crippen LogP contribution in [0.2, 0.25) is 0 Å². The Morgan fingerprint density at radius 3 is 2.52 bits per heavy atom. The van der Waals surface area contributed by atoms with Crippen molar-refractivity contribution in [2.24, 2.45) is 5.41 Å². The summed E-state index contributed by atoms with van der Waals surface area (Å²) < 4.78 is 5.37. The van der Waals surface area contributed by atoms with Crippen molar-refractivity contribution in [3.63, 3.8) is 0 Å². The fraction of sp³-hybridized carbons (Fsp3) is 0.333. The molecule has 1 amide bonds. The van der Waals surface area contributed by atoms with Gasteiger partial charge in [-0.25, -0.2) is 0 Å². The summed E-state index contributed by atoms with van der Waals surface area (Å²) in [5, 5.41) is 17.7. The minimum atomic E-state index is -0.220. The van der Waals surface area contributed by atoms with Crippen LogP contribution in [0.4, 0.5) is 5.82 Å². The molecule has 0 aliphatic rings. The quantitative estimate of drug-likeness (QED) is 0.757. The van der Waals surface area contributed by atoms with E-state index in [2.05, 4.69) is 46.5 Å². The zero-order valence-electron chi connectivity index (χ0n) is 14.8. The second kappa shape index (κ2) is 6.51. The molecule has 25 heavy (non-hydrogen) atoms. The molecule has 0 radical (unpaired) electrons. The first-order valence-corrected chi connectivity index (χ1v) is 8.06. The van der Waals surface area contributed by atoms with Gasteiger partial charge in [-0.15, -0.1) is 10.2 Å². The van der Waals surface area contributed by atoms with Crippen LogP contribution in [0.1, 0.15) is 42.7 Å². The van der Waals surface area contributed by atoms with E-state index in [1.807, 2.05) is 6.07 Å².